The second-order valence-corrected chi connectivity index (χ2v) is 2.20. The Kier molecular flexibility index (Phi) is 9.08. The molecule has 0 amide bonds. The van der Waals surface area contributed by atoms with Crippen molar-refractivity contribution in [3.63, 3.8) is 0 Å². The van der Waals surface area contributed by atoms with Gasteiger partial charge in [0.25, 0.3) is 0 Å². The number of rotatable bonds is 2. The first-order chi connectivity index (χ1) is 5.57. The normalized spacial score (nSPS) is 9.58. The highest BCUT2D eigenvalue weighted by Gasteiger charge is 1.91. The Morgan fingerprint density at radius 2 is 1.75 bits per heavy atom. The monoisotopic (exact) mass is 171 g/mol. The average Bonchev–Trinajstić information content (AvgIpc) is 2.07. The lowest BCUT2D eigenvalue weighted by molar-refractivity contribution is 0.653. The van der Waals surface area contributed by atoms with E-state index >= 15 is 0 Å². The fourth-order valence-corrected chi connectivity index (χ4v) is 0.350. The van der Waals surface area contributed by atoms with Gasteiger partial charge in [-0.3, -0.25) is 0 Å². The third-order valence-corrected chi connectivity index (χ3v) is 1.01. The Bertz CT molecular complexity index is 186. The molecule has 0 rings (SSSR count). The molecule has 70 valence electrons. The summed E-state index contributed by atoms with van der Waals surface area (Å²) in [5.74, 6) is -0.294. The molecule has 0 aliphatic rings. The molecule has 0 aromatic carbocycles. The van der Waals surface area contributed by atoms with E-state index in [-0.39, 0.29) is 5.83 Å². The summed E-state index contributed by atoms with van der Waals surface area (Å²) in [4.78, 5) is 0. The molecule has 0 aromatic heterocycles. The molecule has 0 aliphatic heterocycles. The second kappa shape index (κ2) is 8.05. The van der Waals surface area contributed by atoms with Gasteiger partial charge in [-0.05, 0) is 31.6 Å². The Morgan fingerprint density at radius 1 is 1.33 bits per heavy atom. The van der Waals surface area contributed by atoms with Crippen LogP contribution in [0.1, 0.15) is 27.7 Å². The van der Waals surface area contributed by atoms with Crippen LogP contribution in [-0.2, 0) is 0 Å². The topological polar surface area (TPSA) is 26.0 Å². The van der Waals surface area contributed by atoms with Crippen molar-refractivity contribution in [2.45, 2.75) is 27.7 Å². The van der Waals surface area contributed by atoms with Crippen LogP contribution in [0.2, 0.25) is 0 Å². The maximum atomic E-state index is 12.6. The van der Waals surface area contributed by atoms with Crippen molar-refractivity contribution < 1.29 is 4.39 Å². The van der Waals surface area contributed by atoms with Crippen LogP contribution < -0.4 is 5.73 Å². The van der Waals surface area contributed by atoms with E-state index in [1.165, 1.54) is 12.2 Å². The van der Waals surface area contributed by atoms with E-state index < -0.39 is 0 Å². The summed E-state index contributed by atoms with van der Waals surface area (Å²) in [6.45, 7) is 10.8. The van der Waals surface area contributed by atoms with E-state index in [2.05, 4.69) is 6.58 Å². The quantitative estimate of drug-likeness (QED) is 0.634. The zero-order valence-electron chi connectivity index (χ0n) is 8.32. The van der Waals surface area contributed by atoms with Crippen molar-refractivity contribution in [3.05, 3.63) is 35.8 Å². The minimum Gasteiger partial charge on any atom is -0.399 e. The van der Waals surface area contributed by atoms with Crippen molar-refractivity contribution in [2.75, 3.05) is 0 Å². The summed E-state index contributed by atoms with van der Waals surface area (Å²) in [5.41, 5.74) is 6.24. The predicted molar refractivity (Wildman–Crippen MR) is 53.3 cm³/mol. The van der Waals surface area contributed by atoms with Gasteiger partial charge in [-0.25, -0.2) is 4.39 Å². The van der Waals surface area contributed by atoms with Gasteiger partial charge in [-0.15, -0.1) is 0 Å². The Hall–Kier alpha value is -1.05. The van der Waals surface area contributed by atoms with Gasteiger partial charge in [0, 0.05) is 5.70 Å². The van der Waals surface area contributed by atoms with Crippen LogP contribution in [-0.4, -0.2) is 0 Å². The van der Waals surface area contributed by atoms with Crippen LogP contribution in [0.5, 0.6) is 0 Å². The molecule has 0 atom stereocenters. The molecule has 0 saturated carbocycles. The molecule has 0 aliphatic carbocycles. The fraction of sp³-hybridized carbons (Fsp3) is 0.400. The Balaban J connectivity index is 0. The number of halogens is 1. The van der Waals surface area contributed by atoms with E-state index in [0.29, 0.717) is 11.3 Å². The SMILES string of the molecule is C=C/C(N)=C\C(F)=C(C)C.CC. The fourth-order valence-electron chi connectivity index (χ4n) is 0.350. The third kappa shape index (κ3) is 7.06. The average molecular weight is 171 g/mol. The lowest BCUT2D eigenvalue weighted by Gasteiger charge is -1.92. The summed E-state index contributed by atoms with van der Waals surface area (Å²) in [7, 11) is 0. The van der Waals surface area contributed by atoms with Gasteiger partial charge in [0.05, 0.1) is 0 Å². The lowest BCUT2D eigenvalue weighted by atomic mass is 10.2. The molecule has 2 heteroatoms. The molecule has 0 unspecified atom stereocenters. The van der Waals surface area contributed by atoms with Crippen LogP contribution >= 0.6 is 0 Å². The van der Waals surface area contributed by atoms with Gasteiger partial charge < -0.3 is 5.73 Å². The molecule has 0 radical (unpaired) electrons. The van der Waals surface area contributed by atoms with Crippen molar-refractivity contribution in [2.24, 2.45) is 5.73 Å². The molecule has 0 spiro atoms. The molecule has 0 bridgehead atoms. The molecule has 1 nitrogen and oxygen atoms in total. The predicted octanol–water partition coefficient (Wildman–Crippen LogP) is 3.30. The summed E-state index contributed by atoms with van der Waals surface area (Å²) >= 11 is 0. The smallest absolute Gasteiger partial charge is 0.123 e. The molecule has 0 saturated heterocycles. The summed E-state index contributed by atoms with van der Waals surface area (Å²) in [6, 6.07) is 0. The van der Waals surface area contributed by atoms with Crippen LogP contribution in [0.3, 0.4) is 0 Å². The second-order valence-electron chi connectivity index (χ2n) is 2.20. The third-order valence-electron chi connectivity index (χ3n) is 1.01. The largest absolute Gasteiger partial charge is 0.399 e. The number of allylic oxidation sites excluding steroid dienone is 4. The summed E-state index contributed by atoms with van der Waals surface area (Å²) in [6.07, 6.45) is 2.66. The van der Waals surface area contributed by atoms with Crippen LogP contribution in [0.25, 0.3) is 0 Å². The van der Waals surface area contributed by atoms with Gasteiger partial charge in [-0.1, -0.05) is 20.4 Å². The van der Waals surface area contributed by atoms with Gasteiger partial charge in [0.1, 0.15) is 5.83 Å². The van der Waals surface area contributed by atoms with Gasteiger partial charge in [-0.2, -0.15) is 0 Å². The Morgan fingerprint density at radius 3 is 2.00 bits per heavy atom. The van der Waals surface area contributed by atoms with E-state index in [1.54, 1.807) is 13.8 Å². The van der Waals surface area contributed by atoms with E-state index in [0.717, 1.165) is 0 Å². The van der Waals surface area contributed by atoms with Crippen LogP contribution in [0.15, 0.2) is 35.8 Å². The zero-order valence-corrected chi connectivity index (χ0v) is 8.32. The van der Waals surface area contributed by atoms with E-state index in [4.69, 9.17) is 5.73 Å². The zero-order chi connectivity index (χ0) is 10.1. The molecule has 0 heterocycles. The molecule has 12 heavy (non-hydrogen) atoms. The number of hydrogen-bond donors (Lipinski definition) is 1. The minimum atomic E-state index is -0.294. The van der Waals surface area contributed by atoms with Gasteiger partial charge in [0.15, 0.2) is 0 Å². The highest BCUT2D eigenvalue weighted by Crippen LogP contribution is 2.07. The van der Waals surface area contributed by atoms with Crippen molar-refractivity contribution in [3.8, 4) is 0 Å². The maximum Gasteiger partial charge on any atom is 0.123 e. The van der Waals surface area contributed by atoms with Crippen molar-refractivity contribution in [1.29, 1.82) is 0 Å². The molecule has 0 aromatic rings. The van der Waals surface area contributed by atoms with E-state index in [9.17, 15) is 4.39 Å². The van der Waals surface area contributed by atoms with Gasteiger partial charge >= 0.3 is 0 Å². The first-order valence-corrected chi connectivity index (χ1v) is 4.00. The first kappa shape index (κ1) is 13.5. The van der Waals surface area contributed by atoms with E-state index in [1.807, 2.05) is 13.8 Å². The molecular weight excluding hydrogens is 153 g/mol. The Labute approximate surface area is 74.5 Å². The summed E-state index contributed by atoms with van der Waals surface area (Å²) < 4.78 is 12.6. The van der Waals surface area contributed by atoms with Crippen LogP contribution in [0.4, 0.5) is 4.39 Å². The maximum absolute atomic E-state index is 12.6. The number of hydrogen-bond acceptors (Lipinski definition) is 1. The van der Waals surface area contributed by atoms with Crippen LogP contribution in [0, 0.1) is 0 Å². The van der Waals surface area contributed by atoms with Gasteiger partial charge in [0.2, 0.25) is 0 Å². The lowest BCUT2D eigenvalue weighted by Crippen LogP contribution is -1.91. The molecule has 0 fully saturated rings. The van der Waals surface area contributed by atoms with Crippen molar-refractivity contribution >= 4 is 0 Å². The molecular formula is C10H18FN. The standard InChI is InChI=1S/C8H12FN.C2H6/c1-4-7(10)5-8(9)6(2)3;1-2/h4-5H,1,10H2,2-3H3;1-2H3/b7-5+;. The highest BCUT2D eigenvalue weighted by molar-refractivity contribution is 5.25. The highest BCUT2D eigenvalue weighted by atomic mass is 19.1. The number of nitrogens with two attached hydrogens (primary N) is 1. The molecule has 2 N–H and O–H groups in total. The van der Waals surface area contributed by atoms with Crippen molar-refractivity contribution in [1.82, 2.24) is 0 Å². The summed E-state index contributed by atoms with van der Waals surface area (Å²) in [5, 5.41) is 0. The first-order valence-electron chi connectivity index (χ1n) is 4.00. The minimum absolute atomic E-state index is 0.294.